The van der Waals surface area contributed by atoms with Crippen molar-refractivity contribution in [2.24, 2.45) is 0 Å². The van der Waals surface area contributed by atoms with Gasteiger partial charge in [-0.15, -0.1) is 0 Å². The average Bonchev–Trinajstić information content (AvgIpc) is 2.18. The van der Waals surface area contributed by atoms with E-state index in [9.17, 15) is 4.79 Å². The van der Waals surface area contributed by atoms with Crippen LogP contribution in [0.4, 0.5) is 5.69 Å². The van der Waals surface area contributed by atoms with Crippen LogP contribution < -0.4 is 5.32 Å². The lowest BCUT2D eigenvalue weighted by Crippen LogP contribution is -2.28. The van der Waals surface area contributed by atoms with E-state index in [1.807, 2.05) is 37.3 Å². The first-order valence-corrected chi connectivity index (χ1v) is 4.78. The Morgan fingerprint density at radius 2 is 2.07 bits per heavy atom. The molecule has 0 aliphatic heterocycles. The highest BCUT2D eigenvalue weighted by Crippen LogP contribution is 2.10. The summed E-state index contributed by atoms with van der Waals surface area (Å²) in [4.78, 5) is 10.8. The molecule has 0 saturated heterocycles. The summed E-state index contributed by atoms with van der Waals surface area (Å²) in [7, 11) is 0. The number of para-hydroxylation sites is 1. The number of nitrogens with one attached hydrogen (secondary N) is 1. The fourth-order valence-electron chi connectivity index (χ4n) is 1.28. The molecule has 0 heterocycles. The summed E-state index contributed by atoms with van der Waals surface area (Å²) >= 11 is 0. The first kappa shape index (κ1) is 10.6. The van der Waals surface area contributed by atoms with Gasteiger partial charge in [0.05, 0.1) is 0 Å². The Kier molecular flexibility index (Phi) is 3.98. The van der Waals surface area contributed by atoms with Gasteiger partial charge in [0, 0.05) is 5.69 Å². The van der Waals surface area contributed by atoms with Crippen LogP contribution in [0.3, 0.4) is 0 Å². The number of aliphatic carboxylic acids is 1. The molecule has 2 N–H and O–H groups in total. The summed E-state index contributed by atoms with van der Waals surface area (Å²) in [5.41, 5.74) is 0.855. The molecule has 76 valence electrons. The van der Waals surface area contributed by atoms with Crippen LogP contribution in [0.1, 0.15) is 19.8 Å². The number of carboxylic acids is 1. The number of hydrogen-bond acceptors (Lipinski definition) is 2. The zero-order chi connectivity index (χ0) is 10.4. The predicted molar refractivity (Wildman–Crippen MR) is 56.4 cm³/mol. The second-order valence-electron chi connectivity index (χ2n) is 3.19. The topological polar surface area (TPSA) is 49.3 Å². The third-order valence-corrected chi connectivity index (χ3v) is 1.99. The Morgan fingerprint density at radius 1 is 1.43 bits per heavy atom. The van der Waals surface area contributed by atoms with Crippen LogP contribution in [0.15, 0.2) is 30.3 Å². The van der Waals surface area contributed by atoms with Gasteiger partial charge in [0.25, 0.3) is 0 Å². The molecule has 1 aromatic rings. The maximum Gasteiger partial charge on any atom is 0.326 e. The van der Waals surface area contributed by atoms with E-state index in [4.69, 9.17) is 5.11 Å². The zero-order valence-corrected chi connectivity index (χ0v) is 8.23. The molecule has 14 heavy (non-hydrogen) atoms. The van der Waals surface area contributed by atoms with Crippen molar-refractivity contribution in [3.63, 3.8) is 0 Å². The molecule has 3 heteroatoms. The van der Waals surface area contributed by atoms with Crippen LogP contribution >= 0.6 is 0 Å². The molecule has 1 aromatic carbocycles. The molecule has 0 spiro atoms. The molecule has 0 unspecified atom stereocenters. The van der Waals surface area contributed by atoms with E-state index in [0.29, 0.717) is 6.42 Å². The first-order valence-electron chi connectivity index (χ1n) is 4.78. The van der Waals surface area contributed by atoms with Gasteiger partial charge in [-0.05, 0) is 18.6 Å². The minimum absolute atomic E-state index is 0.484. The first-order chi connectivity index (χ1) is 6.74. The Labute approximate surface area is 83.8 Å². The quantitative estimate of drug-likeness (QED) is 0.754. The summed E-state index contributed by atoms with van der Waals surface area (Å²) in [6.45, 7) is 1.97. The molecular formula is C11H15NO2. The van der Waals surface area contributed by atoms with Gasteiger partial charge in [0.2, 0.25) is 0 Å². The molecule has 0 fully saturated rings. The van der Waals surface area contributed by atoms with Gasteiger partial charge in [0.15, 0.2) is 0 Å². The molecule has 0 aliphatic carbocycles. The van der Waals surface area contributed by atoms with Crippen LogP contribution in [0.5, 0.6) is 0 Å². The fraction of sp³-hybridized carbons (Fsp3) is 0.364. The highest BCUT2D eigenvalue weighted by Gasteiger charge is 2.14. The Balaban J connectivity index is 2.60. The van der Waals surface area contributed by atoms with E-state index in [2.05, 4.69) is 5.32 Å². The third-order valence-electron chi connectivity index (χ3n) is 1.99. The van der Waals surface area contributed by atoms with Gasteiger partial charge in [-0.3, -0.25) is 0 Å². The molecular weight excluding hydrogens is 178 g/mol. The van der Waals surface area contributed by atoms with Gasteiger partial charge in [-0.1, -0.05) is 31.5 Å². The van der Waals surface area contributed by atoms with Gasteiger partial charge in [-0.2, -0.15) is 0 Å². The summed E-state index contributed by atoms with van der Waals surface area (Å²) < 4.78 is 0. The van der Waals surface area contributed by atoms with E-state index in [0.717, 1.165) is 12.1 Å². The molecule has 1 atom stereocenters. The largest absolute Gasteiger partial charge is 0.480 e. The van der Waals surface area contributed by atoms with Crippen LogP contribution in [-0.2, 0) is 4.79 Å². The van der Waals surface area contributed by atoms with Gasteiger partial charge in [-0.25, -0.2) is 4.79 Å². The molecule has 1 rings (SSSR count). The van der Waals surface area contributed by atoms with Gasteiger partial charge >= 0.3 is 5.97 Å². The normalized spacial score (nSPS) is 12.1. The van der Waals surface area contributed by atoms with E-state index in [1.54, 1.807) is 0 Å². The number of anilines is 1. The van der Waals surface area contributed by atoms with Crippen molar-refractivity contribution in [1.82, 2.24) is 0 Å². The summed E-state index contributed by atoms with van der Waals surface area (Å²) in [6, 6.07) is 8.92. The van der Waals surface area contributed by atoms with Crippen molar-refractivity contribution in [3.05, 3.63) is 30.3 Å². The van der Waals surface area contributed by atoms with E-state index >= 15 is 0 Å². The van der Waals surface area contributed by atoms with Crippen molar-refractivity contribution >= 4 is 11.7 Å². The monoisotopic (exact) mass is 193 g/mol. The van der Waals surface area contributed by atoms with Gasteiger partial charge in [0.1, 0.15) is 6.04 Å². The fourth-order valence-corrected chi connectivity index (χ4v) is 1.28. The molecule has 3 nitrogen and oxygen atoms in total. The number of rotatable bonds is 5. The van der Waals surface area contributed by atoms with Crippen molar-refractivity contribution in [2.75, 3.05) is 5.32 Å². The summed E-state index contributed by atoms with van der Waals surface area (Å²) in [6.07, 6.45) is 1.50. The lowest BCUT2D eigenvalue weighted by atomic mass is 10.1. The second-order valence-corrected chi connectivity index (χ2v) is 3.19. The molecule has 0 aliphatic rings. The summed E-state index contributed by atoms with van der Waals surface area (Å²) in [5.74, 6) is -0.796. The Morgan fingerprint density at radius 3 is 2.57 bits per heavy atom. The smallest absolute Gasteiger partial charge is 0.326 e. The number of carbonyl (C=O) groups is 1. The van der Waals surface area contributed by atoms with Crippen LogP contribution in [-0.4, -0.2) is 17.1 Å². The van der Waals surface area contributed by atoms with E-state index in [-0.39, 0.29) is 0 Å². The van der Waals surface area contributed by atoms with Gasteiger partial charge < -0.3 is 10.4 Å². The predicted octanol–water partition coefficient (Wildman–Crippen LogP) is 2.35. The minimum atomic E-state index is -0.796. The minimum Gasteiger partial charge on any atom is -0.480 e. The molecule has 0 aromatic heterocycles. The van der Waals surface area contributed by atoms with Crippen LogP contribution in [0, 0.1) is 0 Å². The number of benzene rings is 1. The van der Waals surface area contributed by atoms with Crippen LogP contribution in [0.2, 0.25) is 0 Å². The summed E-state index contributed by atoms with van der Waals surface area (Å²) in [5, 5.41) is 11.9. The third kappa shape index (κ3) is 3.09. The lowest BCUT2D eigenvalue weighted by Gasteiger charge is -2.14. The molecule has 0 radical (unpaired) electrons. The molecule has 0 amide bonds. The number of carboxylic acid groups (broad SMARTS) is 1. The number of hydrogen-bond donors (Lipinski definition) is 2. The standard InChI is InChI=1S/C11H15NO2/c1-2-6-10(11(13)14)12-9-7-4-3-5-8-9/h3-5,7-8,10,12H,2,6H2,1H3,(H,13,14)/t10-/m1/s1. The Hall–Kier alpha value is -1.51. The van der Waals surface area contributed by atoms with Crippen molar-refractivity contribution < 1.29 is 9.90 Å². The maximum atomic E-state index is 10.8. The van der Waals surface area contributed by atoms with Crippen molar-refractivity contribution in [1.29, 1.82) is 0 Å². The van der Waals surface area contributed by atoms with E-state index in [1.165, 1.54) is 0 Å². The highest BCUT2D eigenvalue weighted by atomic mass is 16.4. The van der Waals surface area contributed by atoms with Crippen LogP contribution in [0.25, 0.3) is 0 Å². The molecule has 0 saturated carbocycles. The van der Waals surface area contributed by atoms with Crippen molar-refractivity contribution in [3.8, 4) is 0 Å². The SMILES string of the molecule is CCC[C@@H](Nc1ccccc1)C(=O)O. The van der Waals surface area contributed by atoms with E-state index < -0.39 is 12.0 Å². The second kappa shape index (κ2) is 5.27. The average molecular weight is 193 g/mol. The maximum absolute atomic E-state index is 10.8. The highest BCUT2D eigenvalue weighted by molar-refractivity contribution is 5.77. The molecule has 0 bridgehead atoms. The zero-order valence-electron chi connectivity index (χ0n) is 8.23. The lowest BCUT2D eigenvalue weighted by molar-refractivity contribution is -0.138. The van der Waals surface area contributed by atoms with Crippen molar-refractivity contribution in [2.45, 2.75) is 25.8 Å². The Bertz CT molecular complexity index is 285.